The van der Waals surface area contributed by atoms with Crippen molar-refractivity contribution in [3.05, 3.63) is 74.7 Å². The third-order valence-electron chi connectivity index (χ3n) is 11.2. The molecule has 0 aliphatic heterocycles. The summed E-state index contributed by atoms with van der Waals surface area (Å²) in [7, 11) is 0. The average molecular weight is 1260 g/mol. The van der Waals surface area contributed by atoms with Crippen LogP contribution in [-0.2, 0) is 92.1 Å². The quantitative estimate of drug-likeness (QED) is 0.00805. The maximum absolute atomic E-state index is 13.5. The number of carbonyl (C=O) groups is 6. The molecule has 2 rings (SSSR count). The second-order valence-electron chi connectivity index (χ2n) is 18.5. The van der Waals surface area contributed by atoms with Crippen LogP contribution in [0.2, 0.25) is 0 Å². The first-order valence-corrected chi connectivity index (χ1v) is 28.7. The van der Waals surface area contributed by atoms with Crippen LogP contribution in [0.5, 0.6) is 5.75 Å². The predicted molar refractivity (Wildman–Crippen MR) is 312 cm³/mol. The van der Waals surface area contributed by atoms with Gasteiger partial charge in [-0.25, -0.2) is 9.59 Å². The first kappa shape index (κ1) is 77.1. The highest BCUT2D eigenvalue weighted by Crippen LogP contribution is 2.19. The average Bonchev–Trinajstić information content (AvgIpc) is 3.72. The number of nitro groups is 1. The van der Waals surface area contributed by atoms with E-state index in [1.807, 2.05) is 0 Å². The zero-order valence-corrected chi connectivity index (χ0v) is 50.2. The first-order valence-electron chi connectivity index (χ1n) is 28.7. The number of urea groups is 1. The van der Waals surface area contributed by atoms with E-state index in [0.29, 0.717) is 163 Å². The molecule has 0 bridgehead atoms. The summed E-state index contributed by atoms with van der Waals surface area (Å²) >= 11 is 0. The first-order chi connectivity index (χ1) is 42.8. The summed E-state index contributed by atoms with van der Waals surface area (Å²) in [4.78, 5) is 88.4. The molecular formula is C55H88N10O23. The van der Waals surface area contributed by atoms with Crippen molar-refractivity contribution in [2.24, 2.45) is 16.8 Å². The standard InChI is InChI=1S/C55H88N10O23/c1-43(2)51(53(69)62-48(4-3-13-59-54(56)70)52(68)61-45-7-5-44(6-8-45)40-87-55(71)88-47-11-9-46(10-12-47)65(72)73)63-50(67)42-86-41-49(66)58-14-16-74-18-20-76-22-24-78-26-28-80-30-32-82-34-36-84-38-39-85-37-35-83-33-31-81-29-27-79-25-23-77-21-19-75-17-15-60-64-57/h5-12,43,48,51H,3-4,13-42H2,1-2H3,(H,58,66)(H,61,68)(H,62,69)(H,63,67)(H3,56,59,70)/t48-,51-/m0/s1. The lowest BCUT2D eigenvalue weighted by Crippen LogP contribution is -2.55. The van der Waals surface area contributed by atoms with Gasteiger partial charge in [-0.15, -0.1) is 0 Å². The highest BCUT2D eigenvalue weighted by molar-refractivity contribution is 5.98. The highest BCUT2D eigenvalue weighted by Gasteiger charge is 2.29. The molecule has 0 spiro atoms. The molecule has 0 fully saturated rings. The van der Waals surface area contributed by atoms with E-state index in [4.69, 9.17) is 82.3 Å². The monoisotopic (exact) mass is 1260 g/mol. The Morgan fingerprint density at radius 2 is 1.00 bits per heavy atom. The molecule has 33 nitrogen and oxygen atoms in total. The molecule has 2 aromatic rings. The Balaban J connectivity index is 1.43. The van der Waals surface area contributed by atoms with E-state index in [1.54, 1.807) is 26.0 Å². The van der Waals surface area contributed by atoms with E-state index in [0.717, 1.165) is 0 Å². The number of nitrogens with one attached hydrogen (secondary N) is 5. The Kier molecular flexibility index (Phi) is 46.6. The van der Waals surface area contributed by atoms with Crippen LogP contribution in [0, 0.1) is 16.0 Å². The number of benzene rings is 2. The van der Waals surface area contributed by atoms with E-state index >= 15 is 0 Å². The number of ether oxygens (including phenoxy) is 15. The Bertz CT molecular complexity index is 2250. The molecule has 0 aliphatic carbocycles. The normalized spacial score (nSPS) is 11.7. The lowest BCUT2D eigenvalue weighted by Gasteiger charge is -2.25. The highest BCUT2D eigenvalue weighted by atomic mass is 16.7. The van der Waals surface area contributed by atoms with Crippen LogP contribution in [-0.4, -0.2) is 244 Å². The number of hydrogen-bond donors (Lipinski definition) is 6. The van der Waals surface area contributed by atoms with E-state index in [1.165, 1.54) is 36.4 Å². The summed E-state index contributed by atoms with van der Waals surface area (Å²) in [6.45, 7) is 12.6. The van der Waals surface area contributed by atoms with Crippen LogP contribution in [0.3, 0.4) is 0 Å². The van der Waals surface area contributed by atoms with Crippen LogP contribution in [0.25, 0.3) is 10.4 Å². The Hall–Kier alpha value is -6.95. The molecular weight excluding hydrogens is 1170 g/mol. The number of rotatable bonds is 57. The Labute approximate surface area is 511 Å². The number of amides is 6. The SMILES string of the molecule is CC(C)[C@H](NC(=O)COCC(=O)NCCOCCOCCOCCOCCOCCOCCOCCOCCOCCOCCOCCOCCN=[N+]=[N-])C(=O)N[C@@H](CCCNC(N)=O)C(=O)Nc1ccc(COC(=O)Oc2ccc([N+](=O)[O-])cc2)cc1. The smallest absolute Gasteiger partial charge is 0.429 e. The molecule has 496 valence electrons. The van der Waals surface area contributed by atoms with Crippen molar-refractivity contribution >= 4 is 47.2 Å². The van der Waals surface area contributed by atoms with Crippen molar-refractivity contribution in [2.45, 2.75) is 45.4 Å². The molecule has 0 saturated carbocycles. The van der Waals surface area contributed by atoms with Gasteiger partial charge in [-0.05, 0) is 54.1 Å². The number of anilines is 1. The number of carbonyl (C=O) groups excluding carboxylic acids is 6. The number of nitrogens with two attached hydrogens (primary N) is 1. The van der Waals surface area contributed by atoms with Crippen LogP contribution in [0.15, 0.2) is 53.6 Å². The van der Waals surface area contributed by atoms with Crippen LogP contribution >= 0.6 is 0 Å². The van der Waals surface area contributed by atoms with Crippen molar-refractivity contribution in [1.29, 1.82) is 0 Å². The largest absolute Gasteiger partial charge is 0.514 e. The van der Waals surface area contributed by atoms with Crippen molar-refractivity contribution in [2.75, 3.05) is 197 Å². The molecule has 6 amide bonds. The third kappa shape index (κ3) is 43.6. The van der Waals surface area contributed by atoms with Crippen molar-refractivity contribution in [3.63, 3.8) is 0 Å². The molecule has 0 unspecified atom stereocenters. The summed E-state index contributed by atoms with van der Waals surface area (Å²) < 4.78 is 80.8. The summed E-state index contributed by atoms with van der Waals surface area (Å²) in [6.07, 6.45) is -0.730. The maximum Gasteiger partial charge on any atom is 0.514 e. The summed E-state index contributed by atoms with van der Waals surface area (Å²) in [5.41, 5.74) is 14.0. The fourth-order valence-electron chi connectivity index (χ4n) is 6.84. The van der Waals surface area contributed by atoms with Crippen molar-refractivity contribution < 1.29 is 105 Å². The second kappa shape index (κ2) is 53.1. The molecule has 0 saturated heterocycles. The number of azide groups is 1. The van der Waals surface area contributed by atoms with Gasteiger partial charge in [0, 0.05) is 42.4 Å². The van der Waals surface area contributed by atoms with E-state index in [9.17, 15) is 38.9 Å². The zero-order valence-electron chi connectivity index (χ0n) is 50.2. The molecule has 7 N–H and O–H groups in total. The van der Waals surface area contributed by atoms with Crippen molar-refractivity contribution in [1.82, 2.24) is 21.3 Å². The summed E-state index contributed by atoms with van der Waals surface area (Å²) in [5.74, 6) is -2.85. The molecule has 33 heteroatoms. The lowest BCUT2D eigenvalue weighted by molar-refractivity contribution is -0.384. The molecule has 0 heterocycles. The number of nitrogens with zero attached hydrogens (tertiary/aromatic N) is 4. The third-order valence-corrected chi connectivity index (χ3v) is 11.2. The van der Waals surface area contributed by atoms with Crippen LogP contribution in [0.1, 0.15) is 32.3 Å². The zero-order chi connectivity index (χ0) is 63.9. The fourth-order valence-corrected chi connectivity index (χ4v) is 6.84. The summed E-state index contributed by atoms with van der Waals surface area (Å²) in [5, 5.41) is 27.2. The Morgan fingerprint density at radius 1 is 0.557 bits per heavy atom. The lowest BCUT2D eigenvalue weighted by atomic mass is 10.0. The van der Waals surface area contributed by atoms with Gasteiger partial charge >= 0.3 is 12.2 Å². The molecule has 2 aromatic carbocycles. The van der Waals surface area contributed by atoms with E-state index in [2.05, 4.69) is 36.6 Å². The van der Waals surface area contributed by atoms with Gasteiger partial charge in [-0.3, -0.25) is 29.3 Å². The molecule has 0 radical (unpaired) electrons. The van der Waals surface area contributed by atoms with Gasteiger partial charge in [0.05, 0.1) is 163 Å². The van der Waals surface area contributed by atoms with Gasteiger partial charge in [-0.1, -0.05) is 31.1 Å². The van der Waals surface area contributed by atoms with E-state index < -0.39 is 72.0 Å². The Morgan fingerprint density at radius 3 is 1.43 bits per heavy atom. The minimum atomic E-state index is -1.13. The van der Waals surface area contributed by atoms with E-state index in [-0.39, 0.29) is 57.2 Å². The van der Waals surface area contributed by atoms with Gasteiger partial charge in [0.15, 0.2) is 0 Å². The number of nitro benzene ring substituents is 1. The number of primary amides is 1. The molecule has 88 heavy (non-hydrogen) atoms. The van der Waals surface area contributed by atoms with Crippen molar-refractivity contribution in [3.8, 4) is 5.75 Å². The van der Waals surface area contributed by atoms with Gasteiger partial charge in [-0.2, -0.15) is 0 Å². The maximum atomic E-state index is 13.5. The topological polar surface area (TPSA) is 419 Å². The number of hydrogen-bond acceptors (Lipinski definition) is 24. The minimum absolute atomic E-state index is 0.0463. The van der Waals surface area contributed by atoms with Gasteiger partial charge in [0.2, 0.25) is 23.6 Å². The molecule has 0 aliphatic rings. The van der Waals surface area contributed by atoms with Gasteiger partial charge in [0.25, 0.3) is 5.69 Å². The second-order valence-corrected chi connectivity index (χ2v) is 18.5. The van der Waals surface area contributed by atoms with Crippen LogP contribution in [0.4, 0.5) is 21.0 Å². The minimum Gasteiger partial charge on any atom is -0.429 e. The summed E-state index contributed by atoms with van der Waals surface area (Å²) in [6, 6.07) is 8.08. The van der Waals surface area contributed by atoms with Crippen LogP contribution < -0.4 is 37.1 Å². The fraction of sp³-hybridized carbons (Fsp3) is 0.673. The number of non-ortho nitro benzene ring substituents is 1. The molecule has 2 atom stereocenters. The van der Waals surface area contributed by atoms with Gasteiger partial charge < -0.3 is 103 Å². The molecule has 0 aromatic heterocycles. The predicted octanol–water partition coefficient (Wildman–Crippen LogP) is 1.97. The van der Waals surface area contributed by atoms with Gasteiger partial charge in [0.1, 0.15) is 37.7 Å².